The lowest BCUT2D eigenvalue weighted by atomic mass is 10.2. The van der Waals surface area contributed by atoms with Gasteiger partial charge in [-0.3, -0.25) is 15.1 Å². The molecule has 0 amide bonds. The highest BCUT2D eigenvalue weighted by molar-refractivity contribution is 5.72. The molecule has 0 saturated carbocycles. The van der Waals surface area contributed by atoms with Crippen molar-refractivity contribution in [2.24, 2.45) is 0 Å². The Morgan fingerprint density at radius 3 is 2.71 bits per heavy atom. The maximum absolute atomic E-state index is 11.5. The highest BCUT2D eigenvalue weighted by Gasteiger charge is 2.16. The predicted molar refractivity (Wildman–Crippen MR) is 66.5 cm³/mol. The van der Waals surface area contributed by atoms with Crippen LogP contribution in [0.15, 0.2) is 24.4 Å². The number of esters is 1. The van der Waals surface area contributed by atoms with Crippen LogP contribution >= 0.6 is 0 Å². The van der Waals surface area contributed by atoms with Crippen molar-refractivity contribution in [3.8, 4) is 0 Å². The first kappa shape index (κ1) is 13.6. The summed E-state index contributed by atoms with van der Waals surface area (Å²) < 4.78 is 5.20. The largest absolute Gasteiger partial charge is 0.459 e. The monoisotopic (exact) mass is 236 g/mol. The van der Waals surface area contributed by atoms with E-state index >= 15 is 0 Å². The second kappa shape index (κ2) is 5.77. The standard InChI is InChI=1S/C13H20N2O2/c1-10(11-7-5-6-8-14-11)15-9-12(16)17-13(2,3)4/h5-8,10,15H,9H2,1-4H3. The van der Waals surface area contributed by atoms with E-state index in [2.05, 4.69) is 10.3 Å². The zero-order valence-electron chi connectivity index (χ0n) is 10.9. The van der Waals surface area contributed by atoms with Gasteiger partial charge in [0.25, 0.3) is 0 Å². The van der Waals surface area contributed by atoms with Gasteiger partial charge in [0.15, 0.2) is 0 Å². The van der Waals surface area contributed by atoms with Crippen LogP contribution in [-0.2, 0) is 9.53 Å². The number of pyridine rings is 1. The second-order valence-electron chi connectivity index (χ2n) is 4.94. The van der Waals surface area contributed by atoms with E-state index in [9.17, 15) is 4.79 Å². The van der Waals surface area contributed by atoms with Crippen molar-refractivity contribution in [3.05, 3.63) is 30.1 Å². The van der Waals surface area contributed by atoms with Gasteiger partial charge in [0, 0.05) is 12.2 Å². The minimum Gasteiger partial charge on any atom is -0.459 e. The number of hydrogen-bond donors (Lipinski definition) is 1. The molecule has 0 radical (unpaired) electrons. The van der Waals surface area contributed by atoms with Crippen LogP contribution in [0.5, 0.6) is 0 Å². The zero-order chi connectivity index (χ0) is 12.9. The van der Waals surface area contributed by atoms with Crippen molar-refractivity contribution < 1.29 is 9.53 Å². The molecule has 0 aliphatic carbocycles. The van der Waals surface area contributed by atoms with Crippen LogP contribution in [0.2, 0.25) is 0 Å². The number of carbonyl (C=O) groups is 1. The Kier molecular flexibility index (Phi) is 4.63. The molecule has 0 fully saturated rings. The fraction of sp³-hybridized carbons (Fsp3) is 0.538. The number of aromatic nitrogens is 1. The number of ether oxygens (including phenoxy) is 1. The van der Waals surface area contributed by atoms with E-state index in [1.54, 1.807) is 6.20 Å². The number of nitrogens with one attached hydrogen (secondary N) is 1. The van der Waals surface area contributed by atoms with E-state index in [1.165, 1.54) is 0 Å². The summed E-state index contributed by atoms with van der Waals surface area (Å²) in [6.45, 7) is 7.72. The molecule has 1 heterocycles. The van der Waals surface area contributed by atoms with Gasteiger partial charge in [-0.05, 0) is 39.8 Å². The molecule has 0 saturated heterocycles. The average Bonchev–Trinajstić information content (AvgIpc) is 2.25. The molecule has 1 unspecified atom stereocenters. The van der Waals surface area contributed by atoms with E-state index in [0.29, 0.717) is 0 Å². The molecular formula is C13H20N2O2. The molecule has 0 aliphatic heterocycles. The van der Waals surface area contributed by atoms with E-state index in [1.807, 2.05) is 45.9 Å². The molecule has 0 aliphatic rings. The van der Waals surface area contributed by atoms with Gasteiger partial charge in [-0.15, -0.1) is 0 Å². The van der Waals surface area contributed by atoms with Crippen LogP contribution in [0.25, 0.3) is 0 Å². The molecular weight excluding hydrogens is 216 g/mol. The summed E-state index contributed by atoms with van der Waals surface area (Å²) >= 11 is 0. The van der Waals surface area contributed by atoms with Gasteiger partial charge in [-0.2, -0.15) is 0 Å². The lowest BCUT2D eigenvalue weighted by molar-refractivity contribution is -0.153. The summed E-state index contributed by atoms with van der Waals surface area (Å²) in [7, 11) is 0. The smallest absolute Gasteiger partial charge is 0.320 e. The number of hydrogen-bond acceptors (Lipinski definition) is 4. The Morgan fingerprint density at radius 1 is 1.47 bits per heavy atom. The number of nitrogens with zero attached hydrogens (tertiary/aromatic N) is 1. The Balaban J connectivity index is 2.39. The molecule has 94 valence electrons. The molecule has 0 spiro atoms. The Bertz CT molecular complexity index is 357. The van der Waals surface area contributed by atoms with Crippen LogP contribution in [0.1, 0.15) is 39.4 Å². The molecule has 1 aromatic heterocycles. The highest BCUT2D eigenvalue weighted by atomic mass is 16.6. The van der Waals surface area contributed by atoms with Gasteiger partial charge in [-0.25, -0.2) is 0 Å². The summed E-state index contributed by atoms with van der Waals surface area (Å²) in [4.78, 5) is 15.7. The Morgan fingerprint density at radius 2 is 2.18 bits per heavy atom. The summed E-state index contributed by atoms with van der Waals surface area (Å²) in [6, 6.07) is 5.74. The summed E-state index contributed by atoms with van der Waals surface area (Å²) in [5, 5.41) is 3.08. The van der Waals surface area contributed by atoms with Gasteiger partial charge in [0.2, 0.25) is 0 Å². The second-order valence-corrected chi connectivity index (χ2v) is 4.94. The normalized spacial score (nSPS) is 13.2. The van der Waals surface area contributed by atoms with Crippen LogP contribution in [0.4, 0.5) is 0 Å². The lowest BCUT2D eigenvalue weighted by Crippen LogP contribution is -2.32. The third kappa shape index (κ3) is 5.45. The first-order valence-electron chi connectivity index (χ1n) is 5.74. The predicted octanol–water partition coefficient (Wildman–Crippen LogP) is 2.07. The van der Waals surface area contributed by atoms with Crippen molar-refractivity contribution in [2.75, 3.05) is 6.54 Å². The molecule has 1 aromatic rings. The van der Waals surface area contributed by atoms with Crippen LogP contribution in [-0.4, -0.2) is 23.1 Å². The summed E-state index contributed by atoms with van der Waals surface area (Å²) in [6.07, 6.45) is 1.74. The molecule has 1 N–H and O–H groups in total. The number of rotatable bonds is 4. The molecule has 4 nitrogen and oxygen atoms in total. The maximum Gasteiger partial charge on any atom is 0.320 e. The maximum atomic E-state index is 11.5. The van der Waals surface area contributed by atoms with Crippen molar-refractivity contribution in [1.82, 2.24) is 10.3 Å². The summed E-state index contributed by atoms with van der Waals surface area (Å²) in [5.41, 5.74) is 0.476. The van der Waals surface area contributed by atoms with Gasteiger partial charge >= 0.3 is 5.97 Å². The quantitative estimate of drug-likeness (QED) is 0.813. The van der Waals surface area contributed by atoms with Crippen molar-refractivity contribution in [1.29, 1.82) is 0 Å². The van der Waals surface area contributed by atoms with Crippen molar-refractivity contribution in [3.63, 3.8) is 0 Å². The minimum atomic E-state index is -0.438. The third-order valence-electron chi connectivity index (χ3n) is 2.10. The van der Waals surface area contributed by atoms with E-state index in [-0.39, 0.29) is 18.6 Å². The van der Waals surface area contributed by atoms with E-state index in [4.69, 9.17) is 4.74 Å². The first-order valence-corrected chi connectivity index (χ1v) is 5.74. The van der Waals surface area contributed by atoms with Crippen LogP contribution < -0.4 is 5.32 Å². The number of carbonyl (C=O) groups excluding carboxylic acids is 1. The van der Waals surface area contributed by atoms with E-state index < -0.39 is 5.60 Å². The van der Waals surface area contributed by atoms with Gasteiger partial charge in [0.05, 0.1) is 12.2 Å². The van der Waals surface area contributed by atoms with Crippen molar-refractivity contribution >= 4 is 5.97 Å². The fourth-order valence-electron chi connectivity index (χ4n) is 1.35. The molecule has 1 rings (SSSR count). The van der Waals surface area contributed by atoms with Gasteiger partial charge in [-0.1, -0.05) is 6.07 Å². The average molecular weight is 236 g/mol. The SMILES string of the molecule is CC(NCC(=O)OC(C)(C)C)c1ccccn1. The zero-order valence-corrected chi connectivity index (χ0v) is 10.9. The topological polar surface area (TPSA) is 51.2 Å². The first-order chi connectivity index (χ1) is 7.88. The molecule has 0 aromatic carbocycles. The van der Waals surface area contributed by atoms with E-state index in [0.717, 1.165) is 5.69 Å². The van der Waals surface area contributed by atoms with Crippen LogP contribution in [0.3, 0.4) is 0 Å². The van der Waals surface area contributed by atoms with Crippen molar-refractivity contribution in [2.45, 2.75) is 39.3 Å². The Labute approximate surface area is 102 Å². The Hall–Kier alpha value is -1.42. The van der Waals surface area contributed by atoms with Gasteiger partial charge in [0.1, 0.15) is 5.60 Å². The fourth-order valence-corrected chi connectivity index (χ4v) is 1.35. The van der Waals surface area contributed by atoms with Crippen LogP contribution in [0, 0.1) is 0 Å². The molecule has 0 bridgehead atoms. The molecule has 4 heteroatoms. The highest BCUT2D eigenvalue weighted by Crippen LogP contribution is 2.09. The lowest BCUT2D eigenvalue weighted by Gasteiger charge is -2.20. The molecule has 1 atom stereocenters. The third-order valence-corrected chi connectivity index (χ3v) is 2.10. The summed E-state index contributed by atoms with van der Waals surface area (Å²) in [5.74, 6) is -0.250. The van der Waals surface area contributed by atoms with Gasteiger partial charge < -0.3 is 4.74 Å². The minimum absolute atomic E-state index is 0.0312. The molecule has 17 heavy (non-hydrogen) atoms.